The van der Waals surface area contributed by atoms with Crippen molar-refractivity contribution in [2.24, 2.45) is 0 Å². The Hall–Kier alpha value is -1.90. The quantitative estimate of drug-likeness (QED) is 0.841. The second-order valence-electron chi connectivity index (χ2n) is 4.60. The van der Waals surface area contributed by atoms with Gasteiger partial charge in [0.05, 0.1) is 0 Å². The van der Waals surface area contributed by atoms with E-state index in [4.69, 9.17) is 0 Å². The highest BCUT2D eigenvalue weighted by Gasteiger charge is 2.08. The van der Waals surface area contributed by atoms with Crippen LogP contribution in [0.1, 0.15) is 18.9 Å². The van der Waals surface area contributed by atoms with E-state index in [1.165, 1.54) is 17.7 Å². The summed E-state index contributed by atoms with van der Waals surface area (Å²) in [5.74, 6) is -1.12. The van der Waals surface area contributed by atoms with E-state index in [0.29, 0.717) is 5.69 Å². The topological polar surface area (TPSA) is 12.0 Å². The number of hydrogen-bond acceptors (Lipinski definition) is 1. The smallest absolute Gasteiger partial charge is 0.128 e. The lowest BCUT2D eigenvalue weighted by Crippen LogP contribution is -2.21. The molecule has 1 unspecified atom stereocenters. The molecule has 0 fully saturated rings. The highest BCUT2D eigenvalue weighted by molar-refractivity contribution is 5.44. The minimum Gasteiger partial charge on any atom is -0.382 e. The Morgan fingerprint density at radius 3 is 2.21 bits per heavy atom. The van der Waals surface area contributed by atoms with Gasteiger partial charge in [-0.1, -0.05) is 37.3 Å². The molecule has 0 aliphatic heterocycles. The molecular formula is C16H17F2N. The number of benzene rings is 2. The number of halogens is 2. The average Bonchev–Trinajstić information content (AvgIpc) is 2.38. The summed E-state index contributed by atoms with van der Waals surface area (Å²) in [5, 5.41) is 3.18. The maximum atomic E-state index is 13.1. The van der Waals surface area contributed by atoms with Crippen LogP contribution in [0.4, 0.5) is 14.5 Å². The maximum absolute atomic E-state index is 13.1. The summed E-state index contributed by atoms with van der Waals surface area (Å²) in [7, 11) is 0. The molecule has 1 nitrogen and oxygen atoms in total. The summed E-state index contributed by atoms with van der Waals surface area (Å²) in [5.41, 5.74) is 1.69. The third kappa shape index (κ3) is 4.05. The Labute approximate surface area is 112 Å². The predicted octanol–water partition coefficient (Wildman–Crippen LogP) is 4.40. The Morgan fingerprint density at radius 1 is 1.00 bits per heavy atom. The minimum atomic E-state index is -0.558. The van der Waals surface area contributed by atoms with Crippen molar-refractivity contribution in [3.05, 3.63) is 65.7 Å². The van der Waals surface area contributed by atoms with Crippen LogP contribution in [-0.4, -0.2) is 6.04 Å². The van der Waals surface area contributed by atoms with Crippen molar-refractivity contribution in [3.63, 3.8) is 0 Å². The van der Waals surface area contributed by atoms with E-state index in [-0.39, 0.29) is 6.04 Å². The van der Waals surface area contributed by atoms with Crippen LogP contribution in [0.3, 0.4) is 0 Å². The van der Waals surface area contributed by atoms with Crippen molar-refractivity contribution < 1.29 is 8.78 Å². The second-order valence-corrected chi connectivity index (χ2v) is 4.60. The number of nitrogens with one attached hydrogen (secondary N) is 1. The molecule has 0 heterocycles. The summed E-state index contributed by atoms with van der Waals surface area (Å²) < 4.78 is 26.3. The lowest BCUT2D eigenvalue weighted by atomic mass is 10.0. The number of rotatable bonds is 5. The van der Waals surface area contributed by atoms with Crippen molar-refractivity contribution >= 4 is 5.69 Å². The number of hydrogen-bond donors (Lipinski definition) is 1. The van der Waals surface area contributed by atoms with Crippen LogP contribution in [0.5, 0.6) is 0 Å². The molecule has 0 aromatic heterocycles. The zero-order valence-corrected chi connectivity index (χ0v) is 10.9. The molecule has 0 spiro atoms. The van der Waals surface area contributed by atoms with Gasteiger partial charge in [-0.15, -0.1) is 0 Å². The van der Waals surface area contributed by atoms with Crippen molar-refractivity contribution in [2.45, 2.75) is 25.8 Å². The molecule has 0 bridgehead atoms. The fourth-order valence-electron chi connectivity index (χ4n) is 2.07. The highest BCUT2D eigenvalue weighted by atomic mass is 19.1. The molecular weight excluding hydrogens is 244 g/mol. The number of anilines is 1. The van der Waals surface area contributed by atoms with Crippen LogP contribution >= 0.6 is 0 Å². The van der Waals surface area contributed by atoms with Crippen molar-refractivity contribution in [3.8, 4) is 0 Å². The van der Waals surface area contributed by atoms with Crippen LogP contribution < -0.4 is 5.32 Å². The van der Waals surface area contributed by atoms with E-state index in [1.807, 2.05) is 18.2 Å². The van der Waals surface area contributed by atoms with E-state index in [0.717, 1.165) is 18.9 Å². The third-order valence-electron chi connectivity index (χ3n) is 3.05. The van der Waals surface area contributed by atoms with Gasteiger partial charge in [-0.05, 0) is 30.5 Å². The normalized spacial score (nSPS) is 12.2. The predicted molar refractivity (Wildman–Crippen MR) is 74.2 cm³/mol. The van der Waals surface area contributed by atoms with Gasteiger partial charge in [0.15, 0.2) is 0 Å². The minimum absolute atomic E-state index is 0.156. The van der Waals surface area contributed by atoms with Gasteiger partial charge >= 0.3 is 0 Å². The van der Waals surface area contributed by atoms with E-state index in [2.05, 4.69) is 24.4 Å². The zero-order chi connectivity index (χ0) is 13.7. The first-order chi connectivity index (χ1) is 9.17. The fraction of sp³-hybridized carbons (Fsp3) is 0.250. The average molecular weight is 261 g/mol. The lowest BCUT2D eigenvalue weighted by molar-refractivity contribution is 0.582. The lowest BCUT2D eigenvalue weighted by Gasteiger charge is -2.18. The van der Waals surface area contributed by atoms with E-state index in [1.54, 1.807) is 0 Å². The second kappa shape index (κ2) is 6.32. The summed E-state index contributed by atoms with van der Waals surface area (Å²) in [6, 6.07) is 13.7. The van der Waals surface area contributed by atoms with Crippen molar-refractivity contribution in [2.75, 3.05) is 5.32 Å². The Kier molecular flexibility index (Phi) is 4.50. The van der Waals surface area contributed by atoms with Crippen LogP contribution in [0.15, 0.2) is 48.5 Å². The highest BCUT2D eigenvalue weighted by Crippen LogP contribution is 2.16. The maximum Gasteiger partial charge on any atom is 0.128 e. The Morgan fingerprint density at radius 2 is 1.63 bits per heavy atom. The zero-order valence-electron chi connectivity index (χ0n) is 10.9. The van der Waals surface area contributed by atoms with Crippen LogP contribution in [0, 0.1) is 11.6 Å². The molecule has 19 heavy (non-hydrogen) atoms. The summed E-state index contributed by atoms with van der Waals surface area (Å²) in [6.07, 6.45) is 1.71. The molecule has 2 aromatic rings. The fourth-order valence-corrected chi connectivity index (χ4v) is 2.07. The van der Waals surface area contributed by atoms with Crippen molar-refractivity contribution in [1.82, 2.24) is 0 Å². The first-order valence-electron chi connectivity index (χ1n) is 6.44. The Bertz CT molecular complexity index is 505. The van der Waals surface area contributed by atoms with Gasteiger partial charge in [-0.2, -0.15) is 0 Å². The monoisotopic (exact) mass is 261 g/mol. The molecule has 100 valence electrons. The summed E-state index contributed by atoms with van der Waals surface area (Å²) in [4.78, 5) is 0. The molecule has 0 saturated carbocycles. The summed E-state index contributed by atoms with van der Waals surface area (Å²) >= 11 is 0. The first kappa shape index (κ1) is 13.5. The van der Waals surface area contributed by atoms with Gasteiger partial charge in [0.1, 0.15) is 11.6 Å². The van der Waals surface area contributed by atoms with Crippen molar-refractivity contribution in [1.29, 1.82) is 0 Å². The molecule has 1 N–H and O–H groups in total. The summed E-state index contributed by atoms with van der Waals surface area (Å²) in [6.45, 7) is 2.05. The van der Waals surface area contributed by atoms with Gasteiger partial charge in [0.2, 0.25) is 0 Å². The molecule has 0 radical (unpaired) electrons. The van der Waals surface area contributed by atoms with Gasteiger partial charge in [-0.25, -0.2) is 8.78 Å². The van der Waals surface area contributed by atoms with Gasteiger partial charge in [0.25, 0.3) is 0 Å². The van der Waals surface area contributed by atoms with Crippen LogP contribution in [0.25, 0.3) is 0 Å². The molecule has 2 rings (SSSR count). The van der Waals surface area contributed by atoms with Gasteiger partial charge in [-0.3, -0.25) is 0 Å². The molecule has 3 heteroatoms. The van der Waals surface area contributed by atoms with Crippen LogP contribution in [-0.2, 0) is 6.42 Å². The first-order valence-corrected chi connectivity index (χ1v) is 6.44. The van der Waals surface area contributed by atoms with E-state index >= 15 is 0 Å². The molecule has 2 aromatic carbocycles. The standard InChI is InChI=1S/C16H17F2N/c1-2-15(8-12-6-4-3-5-7-12)19-16-10-13(17)9-14(18)11-16/h3-7,9-11,15,19H,2,8H2,1H3. The molecule has 0 aliphatic carbocycles. The molecule has 0 saturated heterocycles. The molecule has 1 atom stereocenters. The Balaban J connectivity index is 2.06. The molecule has 0 amide bonds. The van der Waals surface area contributed by atoms with E-state index in [9.17, 15) is 8.78 Å². The van der Waals surface area contributed by atoms with Crippen LogP contribution in [0.2, 0.25) is 0 Å². The van der Waals surface area contributed by atoms with E-state index < -0.39 is 11.6 Å². The third-order valence-corrected chi connectivity index (χ3v) is 3.05. The van der Waals surface area contributed by atoms with Gasteiger partial charge < -0.3 is 5.32 Å². The van der Waals surface area contributed by atoms with Gasteiger partial charge in [0, 0.05) is 17.8 Å². The molecule has 0 aliphatic rings. The SMILES string of the molecule is CCC(Cc1ccccc1)Nc1cc(F)cc(F)c1. The largest absolute Gasteiger partial charge is 0.382 e.